The number of aromatic nitrogens is 2. The molecular weight excluding hydrogens is 434 g/mol. The van der Waals surface area contributed by atoms with Crippen molar-refractivity contribution in [2.45, 2.75) is 0 Å². The van der Waals surface area contributed by atoms with Crippen molar-refractivity contribution < 1.29 is 4.79 Å². The molecule has 5 aromatic rings. The number of rotatable bonds is 6. The normalized spacial score (nSPS) is 10.4. The molecule has 5 rings (SSSR count). The van der Waals surface area contributed by atoms with Crippen molar-refractivity contribution in [3.63, 3.8) is 0 Å². The van der Waals surface area contributed by atoms with Gasteiger partial charge in [0.05, 0.1) is 5.52 Å². The Bertz CT molecular complexity index is 1520. The van der Waals surface area contributed by atoms with Gasteiger partial charge in [-0.1, -0.05) is 5.92 Å². The van der Waals surface area contributed by atoms with Gasteiger partial charge in [0, 0.05) is 63.5 Å². The monoisotopic (exact) mass is 455 g/mol. The molecule has 168 valence electrons. The Morgan fingerprint density at radius 3 is 2.11 bits per heavy atom. The molecule has 6 nitrogen and oxygen atoms in total. The number of hydrogen-bond acceptors (Lipinski definition) is 5. The zero-order chi connectivity index (χ0) is 24.0. The third-order valence-electron chi connectivity index (χ3n) is 5.45. The number of fused-ring (bicyclic) bond motifs is 1. The summed E-state index contributed by atoms with van der Waals surface area (Å²) in [4.78, 5) is 21.1. The maximum absolute atomic E-state index is 12.7. The minimum Gasteiger partial charge on any atom is -0.355 e. The second-order valence-corrected chi connectivity index (χ2v) is 7.83. The summed E-state index contributed by atoms with van der Waals surface area (Å²) in [5.41, 5.74) is 6.53. The van der Waals surface area contributed by atoms with Crippen LogP contribution in [-0.4, -0.2) is 15.9 Å². The molecule has 0 atom stereocenters. The van der Waals surface area contributed by atoms with Crippen LogP contribution in [0.5, 0.6) is 0 Å². The standard InChI is InChI=1S/C29H21N5O/c1-2-20-3-12-27-26(19-20)28(15-18-31-27)33-23-6-4-21(5-7-23)29(35)34-24-10-8-22(9-11-24)32-25-13-16-30-17-14-25/h1,3-19H,(H,30,32)(H,31,33)(H,34,35). The lowest BCUT2D eigenvalue weighted by Gasteiger charge is -2.11. The Morgan fingerprint density at radius 1 is 0.714 bits per heavy atom. The molecule has 0 spiro atoms. The molecule has 0 saturated carbocycles. The van der Waals surface area contributed by atoms with Crippen molar-refractivity contribution in [3.05, 3.63) is 115 Å². The van der Waals surface area contributed by atoms with Gasteiger partial charge in [0.1, 0.15) is 0 Å². The third kappa shape index (κ3) is 5.10. The second kappa shape index (κ2) is 9.77. The Morgan fingerprint density at radius 2 is 1.37 bits per heavy atom. The molecule has 35 heavy (non-hydrogen) atoms. The number of terminal acetylenes is 1. The zero-order valence-electron chi connectivity index (χ0n) is 18.7. The molecule has 0 bridgehead atoms. The van der Waals surface area contributed by atoms with E-state index in [0.717, 1.165) is 39.2 Å². The summed E-state index contributed by atoms with van der Waals surface area (Å²) in [7, 11) is 0. The molecule has 0 radical (unpaired) electrons. The lowest BCUT2D eigenvalue weighted by Crippen LogP contribution is -2.11. The van der Waals surface area contributed by atoms with Crippen LogP contribution >= 0.6 is 0 Å². The summed E-state index contributed by atoms with van der Waals surface area (Å²) < 4.78 is 0. The van der Waals surface area contributed by atoms with Crippen molar-refractivity contribution in [3.8, 4) is 12.3 Å². The van der Waals surface area contributed by atoms with Gasteiger partial charge in [-0.05, 0) is 84.9 Å². The molecule has 6 heteroatoms. The summed E-state index contributed by atoms with van der Waals surface area (Å²) in [5.74, 6) is 2.48. The van der Waals surface area contributed by atoms with E-state index in [1.807, 2.05) is 72.8 Å². The Labute approximate surface area is 203 Å². The van der Waals surface area contributed by atoms with E-state index in [9.17, 15) is 4.79 Å². The molecule has 0 unspecified atom stereocenters. The van der Waals surface area contributed by atoms with Gasteiger partial charge in [0.2, 0.25) is 0 Å². The van der Waals surface area contributed by atoms with Crippen LogP contribution in [0.2, 0.25) is 0 Å². The van der Waals surface area contributed by atoms with Gasteiger partial charge in [0.25, 0.3) is 5.91 Å². The molecule has 2 aromatic heterocycles. The number of nitrogens with one attached hydrogen (secondary N) is 3. The first-order chi connectivity index (χ1) is 17.2. The maximum Gasteiger partial charge on any atom is 0.255 e. The zero-order valence-corrected chi connectivity index (χ0v) is 18.7. The van der Waals surface area contributed by atoms with E-state index in [4.69, 9.17) is 6.42 Å². The van der Waals surface area contributed by atoms with Crippen molar-refractivity contribution in [2.24, 2.45) is 0 Å². The van der Waals surface area contributed by atoms with Crippen LogP contribution in [0.1, 0.15) is 15.9 Å². The van der Waals surface area contributed by atoms with Crippen LogP contribution in [-0.2, 0) is 0 Å². The molecular formula is C29H21N5O. The SMILES string of the molecule is C#Cc1ccc2nccc(Nc3ccc(C(=O)Nc4ccc(Nc5ccncc5)cc4)cc3)c2c1. The van der Waals surface area contributed by atoms with Gasteiger partial charge in [0.15, 0.2) is 0 Å². The quantitative estimate of drug-likeness (QED) is 0.260. The van der Waals surface area contributed by atoms with E-state index in [1.54, 1.807) is 30.7 Å². The van der Waals surface area contributed by atoms with Gasteiger partial charge < -0.3 is 16.0 Å². The van der Waals surface area contributed by atoms with E-state index in [-0.39, 0.29) is 5.91 Å². The number of benzene rings is 3. The first-order valence-electron chi connectivity index (χ1n) is 11.0. The Balaban J connectivity index is 1.25. The average molecular weight is 456 g/mol. The minimum atomic E-state index is -0.181. The van der Waals surface area contributed by atoms with Gasteiger partial charge in [-0.15, -0.1) is 6.42 Å². The molecule has 0 aliphatic rings. The third-order valence-corrected chi connectivity index (χ3v) is 5.45. The molecule has 0 aliphatic heterocycles. The summed E-state index contributed by atoms with van der Waals surface area (Å²) >= 11 is 0. The van der Waals surface area contributed by atoms with Crippen LogP contribution in [0.4, 0.5) is 28.4 Å². The lowest BCUT2D eigenvalue weighted by atomic mass is 10.1. The van der Waals surface area contributed by atoms with Gasteiger partial charge in [-0.3, -0.25) is 14.8 Å². The molecule has 0 saturated heterocycles. The van der Waals surface area contributed by atoms with E-state index in [1.165, 1.54) is 0 Å². The minimum absolute atomic E-state index is 0.181. The number of nitrogens with zero attached hydrogens (tertiary/aromatic N) is 2. The molecule has 3 N–H and O–H groups in total. The van der Waals surface area contributed by atoms with Crippen molar-refractivity contribution >= 4 is 45.2 Å². The molecule has 0 fully saturated rings. The van der Waals surface area contributed by atoms with Crippen LogP contribution in [0, 0.1) is 12.3 Å². The molecule has 1 amide bonds. The van der Waals surface area contributed by atoms with E-state index < -0.39 is 0 Å². The number of amides is 1. The number of anilines is 5. The molecule has 3 aromatic carbocycles. The summed E-state index contributed by atoms with van der Waals surface area (Å²) in [6.07, 6.45) is 10.8. The van der Waals surface area contributed by atoms with Crippen LogP contribution in [0.15, 0.2) is 104 Å². The fourth-order valence-corrected chi connectivity index (χ4v) is 3.65. The van der Waals surface area contributed by atoms with Crippen LogP contribution in [0.25, 0.3) is 10.9 Å². The number of carbonyl (C=O) groups is 1. The highest BCUT2D eigenvalue weighted by Gasteiger charge is 2.08. The smallest absolute Gasteiger partial charge is 0.255 e. The first kappa shape index (κ1) is 21.7. The number of carbonyl (C=O) groups excluding carboxylic acids is 1. The van der Waals surface area contributed by atoms with Crippen molar-refractivity contribution in [1.29, 1.82) is 0 Å². The Kier molecular flexibility index (Phi) is 6.05. The first-order valence-corrected chi connectivity index (χ1v) is 11.0. The van der Waals surface area contributed by atoms with Gasteiger partial charge in [-0.25, -0.2) is 0 Å². The molecule has 0 aliphatic carbocycles. The van der Waals surface area contributed by atoms with Crippen molar-refractivity contribution in [2.75, 3.05) is 16.0 Å². The highest BCUT2D eigenvalue weighted by Crippen LogP contribution is 2.26. The summed E-state index contributed by atoms with van der Waals surface area (Å²) in [5, 5.41) is 10.5. The predicted octanol–water partition coefficient (Wildman–Crippen LogP) is 6.35. The number of pyridine rings is 2. The largest absolute Gasteiger partial charge is 0.355 e. The predicted molar refractivity (Wildman–Crippen MR) is 141 cm³/mol. The summed E-state index contributed by atoms with van der Waals surface area (Å²) in [6, 6.07) is 26.2. The fourth-order valence-electron chi connectivity index (χ4n) is 3.65. The lowest BCUT2D eigenvalue weighted by molar-refractivity contribution is 0.102. The van der Waals surface area contributed by atoms with Gasteiger partial charge >= 0.3 is 0 Å². The highest BCUT2D eigenvalue weighted by atomic mass is 16.1. The van der Waals surface area contributed by atoms with E-state index in [0.29, 0.717) is 11.3 Å². The van der Waals surface area contributed by atoms with Gasteiger partial charge in [-0.2, -0.15) is 0 Å². The van der Waals surface area contributed by atoms with E-state index in [2.05, 4.69) is 31.8 Å². The molecule has 2 heterocycles. The average Bonchev–Trinajstić information content (AvgIpc) is 2.91. The number of hydrogen-bond donors (Lipinski definition) is 3. The second-order valence-electron chi connectivity index (χ2n) is 7.83. The fraction of sp³-hybridized carbons (Fsp3) is 0. The topological polar surface area (TPSA) is 78.9 Å². The Hall–Kier alpha value is -5.15. The van der Waals surface area contributed by atoms with E-state index >= 15 is 0 Å². The highest BCUT2D eigenvalue weighted by molar-refractivity contribution is 6.04. The van der Waals surface area contributed by atoms with Crippen molar-refractivity contribution in [1.82, 2.24) is 9.97 Å². The summed E-state index contributed by atoms with van der Waals surface area (Å²) in [6.45, 7) is 0. The maximum atomic E-state index is 12.7. The van der Waals surface area contributed by atoms with Crippen LogP contribution < -0.4 is 16.0 Å². The van der Waals surface area contributed by atoms with Crippen LogP contribution in [0.3, 0.4) is 0 Å².